The third kappa shape index (κ3) is 4.18. The molecule has 0 saturated carbocycles. The molecule has 4 aromatic rings. The standard InChI is InChI=1S/C20H20IN5O4S2/c1-4-30-19(28)17-15(9-32(29)20-24-23-11(2)31-20)25(3)14-7-13(21)18(27)12(16(14)17)8-26-6-5-22-10-26/h5-7,10,27H,4,8-9H2,1-3H3. The molecule has 0 bridgehead atoms. The number of ether oxygens (including phenoxy) is 1. The van der Waals surface area contributed by atoms with Gasteiger partial charge < -0.3 is 19.0 Å². The topological polar surface area (TPSA) is 112 Å². The molecule has 1 unspecified atom stereocenters. The molecule has 0 aliphatic rings. The number of phenols is 1. The van der Waals surface area contributed by atoms with E-state index >= 15 is 0 Å². The minimum Gasteiger partial charge on any atom is -0.506 e. The Hall–Kier alpha value is -2.32. The summed E-state index contributed by atoms with van der Waals surface area (Å²) in [7, 11) is 0.323. The molecular formula is C20H20IN5O4S2. The van der Waals surface area contributed by atoms with Gasteiger partial charge in [0.25, 0.3) is 0 Å². The van der Waals surface area contributed by atoms with E-state index in [-0.39, 0.29) is 18.1 Å². The van der Waals surface area contributed by atoms with E-state index in [1.54, 1.807) is 32.6 Å². The minimum atomic E-state index is -1.49. The Morgan fingerprint density at radius 1 is 1.38 bits per heavy atom. The molecule has 0 fully saturated rings. The third-order valence-electron chi connectivity index (χ3n) is 4.99. The predicted molar refractivity (Wildman–Crippen MR) is 129 cm³/mol. The average molecular weight is 585 g/mol. The van der Waals surface area contributed by atoms with Gasteiger partial charge in [-0.15, -0.1) is 10.2 Å². The van der Waals surface area contributed by atoms with Crippen LogP contribution < -0.4 is 0 Å². The zero-order chi connectivity index (χ0) is 23.0. The Kier molecular flexibility index (Phi) is 6.62. The van der Waals surface area contributed by atoms with Crippen LogP contribution in [0.1, 0.15) is 33.5 Å². The van der Waals surface area contributed by atoms with E-state index < -0.39 is 16.8 Å². The van der Waals surface area contributed by atoms with E-state index in [1.807, 2.05) is 22.2 Å². The number of imidazole rings is 1. The molecule has 32 heavy (non-hydrogen) atoms. The van der Waals surface area contributed by atoms with Crippen molar-refractivity contribution >= 4 is 61.6 Å². The molecule has 4 rings (SSSR count). The van der Waals surface area contributed by atoms with E-state index in [1.165, 1.54) is 11.3 Å². The highest BCUT2D eigenvalue weighted by Gasteiger charge is 2.29. The highest BCUT2D eigenvalue weighted by molar-refractivity contribution is 14.1. The summed E-state index contributed by atoms with van der Waals surface area (Å²) in [5.74, 6) is -0.364. The van der Waals surface area contributed by atoms with Crippen molar-refractivity contribution in [1.29, 1.82) is 0 Å². The number of aryl methyl sites for hydroxylation is 2. The lowest BCUT2D eigenvalue weighted by Crippen LogP contribution is -2.11. The normalized spacial score (nSPS) is 12.4. The molecule has 1 N–H and O–H groups in total. The molecule has 0 aliphatic carbocycles. The van der Waals surface area contributed by atoms with Gasteiger partial charge in [-0.25, -0.2) is 9.78 Å². The monoisotopic (exact) mass is 585 g/mol. The molecule has 0 aliphatic heterocycles. The molecule has 1 aromatic carbocycles. The Balaban J connectivity index is 1.95. The Morgan fingerprint density at radius 3 is 2.78 bits per heavy atom. The van der Waals surface area contributed by atoms with Crippen LogP contribution in [0.2, 0.25) is 0 Å². The fourth-order valence-corrected chi connectivity index (χ4v) is 6.33. The maximum atomic E-state index is 13.1. The minimum absolute atomic E-state index is 0.0653. The molecule has 0 spiro atoms. The number of esters is 1. The van der Waals surface area contributed by atoms with Crippen molar-refractivity contribution in [3.63, 3.8) is 0 Å². The first-order valence-corrected chi connectivity index (χ1v) is 12.9. The van der Waals surface area contributed by atoms with Crippen LogP contribution in [0.5, 0.6) is 5.75 Å². The number of aromatic nitrogens is 5. The van der Waals surface area contributed by atoms with Gasteiger partial charge in [-0.1, -0.05) is 11.3 Å². The number of aromatic hydroxyl groups is 1. The summed E-state index contributed by atoms with van der Waals surface area (Å²) in [5, 5.41) is 20.2. The molecule has 12 heteroatoms. The van der Waals surface area contributed by atoms with Gasteiger partial charge in [-0.05, 0) is 42.5 Å². The van der Waals surface area contributed by atoms with Crippen molar-refractivity contribution in [2.75, 3.05) is 6.61 Å². The number of hydrogen-bond donors (Lipinski definition) is 1. The number of nitrogens with zero attached hydrogens (tertiary/aromatic N) is 5. The van der Waals surface area contributed by atoms with Crippen LogP contribution in [-0.2, 0) is 34.9 Å². The number of carbonyl (C=O) groups is 1. The summed E-state index contributed by atoms with van der Waals surface area (Å²) in [6.07, 6.45) is 5.08. The van der Waals surface area contributed by atoms with E-state index in [4.69, 9.17) is 4.74 Å². The van der Waals surface area contributed by atoms with Crippen molar-refractivity contribution in [2.45, 2.75) is 30.5 Å². The smallest absolute Gasteiger partial charge is 0.340 e. The van der Waals surface area contributed by atoms with E-state index in [0.717, 1.165) is 10.5 Å². The van der Waals surface area contributed by atoms with Gasteiger partial charge in [0, 0.05) is 36.1 Å². The Labute approximate surface area is 204 Å². The second kappa shape index (κ2) is 9.27. The van der Waals surface area contributed by atoms with Crippen LogP contribution in [0.4, 0.5) is 0 Å². The highest BCUT2D eigenvalue weighted by atomic mass is 127. The van der Waals surface area contributed by atoms with Crippen LogP contribution in [0, 0.1) is 10.5 Å². The largest absolute Gasteiger partial charge is 0.506 e. The summed E-state index contributed by atoms with van der Waals surface area (Å²) in [6, 6.07) is 1.81. The van der Waals surface area contributed by atoms with Gasteiger partial charge in [-0.2, -0.15) is 0 Å². The number of rotatable bonds is 7. The summed E-state index contributed by atoms with van der Waals surface area (Å²) in [5.41, 5.74) is 2.18. The molecule has 3 aromatic heterocycles. The van der Waals surface area contributed by atoms with Crippen LogP contribution in [0.25, 0.3) is 10.9 Å². The molecule has 0 radical (unpaired) electrons. The molecule has 0 saturated heterocycles. The van der Waals surface area contributed by atoms with Gasteiger partial charge in [-0.3, -0.25) is 4.21 Å². The summed E-state index contributed by atoms with van der Waals surface area (Å²) in [4.78, 5) is 17.2. The quantitative estimate of drug-likeness (QED) is 0.262. The molecular weight excluding hydrogens is 565 g/mol. The zero-order valence-electron chi connectivity index (χ0n) is 17.5. The van der Waals surface area contributed by atoms with Crippen LogP contribution in [0.3, 0.4) is 0 Å². The highest BCUT2D eigenvalue weighted by Crippen LogP contribution is 2.38. The molecule has 168 valence electrons. The van der Waals surface area contributed by atoms with E-state index in [2.05, 4.69) is 37.8 Å². The number of halogens is 1. The van der Waals surface area contributed by atoms with Gasteiger partial charge in [0.2, 0.25) is 4.34 Å². The van der Waals surface area contributed by atoms with Crippen molar-refractivity contribution < 1.29 is 18.8 Å². The number of fused-ring (bicyclic) bond motifs is 1. The summed E-state index contributed by atoms with van der Waals surface area (Å²) < 4.78 is 23.1. The van der Waals surface area contributed by atoms with E-state index in [9.17, 15) is 14.1 Å². The van der Waals surface area contributed by atoms with Crippen LogP contribution >= 0.6 is 33.9 Å². The van der Waals surface area contributed by atoms with E-state index in [0.29, 0.717) is 36.7 Å². The van der Waals surface area contributed by atoms with Crippen molar-refractivity contribution in [2.24, 2.45) is 7.05 Å². The van der Waals surface area contributed by atoms with Gasteiger partial charge >= 0.3 is 5.97 Å². The van der Waals surface area contributed by atoms with Crippen LogP contribution in [-0.4, -0.2) is 46.2 Å². The molecule has 9 nitrogen and oxygen atoms in total. The Morgan fingerprint density at radius 2 is 2.16 bits per heavy atom. The fraction of sp³-hybridized carbons (Fsp3) is 0.300. The lowest BCUT2D eigenvalue weighted by Gasteiger charge is -2.11. The van der Waals surface area contributed by atoms with Crippen molar-refractivity contribution in [3.8, 4) is 5.75 Å². The summed E-state index contributed by atoms with van der Waals surface area (Å²) >= 11 is 3.33. The van der Waals surface area contributed by atoms with Gasteiger partial charge in [0.05, 0.1) is 50.7 Å². The molecule has 1 atom stereocenters. The first kappa shape index (κ1) is 22.9. The fourth-order valence-electron chi connectivity index (χ4n) is 3.54. The van der Waals surface area contributed by atoms with Crippen molar-refractivity contribution in [1.82, 2.24) is 24.3 Å². The average Bonchev–Trinajstić information content (AvgIpc) is 3.48. The number of hydrogen-bond acceptors (Lipinski definition) is 8. The predicted octanol–water partition coefficient (Wildman–Crippen LogP) is 3.38. The molecule has 0 amide bonds. The SMILES string of the molecule is CCOC(=O)c1c(CS(=O)c2nnc(C)s2)n(C)c2cc(I)c(O)c(Cn3ccnc3)c12. The Bertz CT molecular complexity index is 1330. The maximum absolute atomic E-state index is 13.1. The second-order valence-electron chi connectivity index (χ2n) is 6.99. The third-order valence-corrected chi connectivity index (χ3v) is 8.26. The lowest BCUT2D eigenvalue weighted by atomic mass is 10.0. The van der Waals surface area contributed by atoms with Crippen molar-refractivity contribution in [3.05, 3.63) is 50.2 Å². The second-order valence-corrected chi connectivity index (χ2v) is 11.0. The summed E-state index contributed by atoms with van der Waals surface area (Å²) in [6.45, 7) is 4.04. The molecule has 3 heterocycles. The maximum Gasteiger partial charge on any atom is 0.340 e. The number of carbonyl (C=O) groups excluding carboxylic acids is 1. The lowest BCUT2D eigenvalue weighted by molar-refractivity contribution is 0.0527. The first-order chi connectivity index (χ1) is 15.3. The zero-order valence-corrected chi connectivity index (χ0v) is 21.3. The first-order valence-electron chi connectivity index (χ1n) is 9.64. The van der Waals surface area contributed by atoms with Gasteiger partial charge in [0.1, 0.15) is 10.8 Å². The van der Waals surface area contributed by atoms with Gasteiger partial charge in [0.15, 0.2) is 0 Å². The van der Waals surface area contributed by atoms with Crippen LogP contribution in [0.15, 0.2) is 29.1 Å². The number of benzene rings is 1. The number of phenolic OH excluding ortho intramolecular Hbond substituents is 1.